The molecule has 1 saturated carbocycles. The molecule has 2 aromatic rings. The summed E-state index contributed by atoms with van der Waals surface area (Å²) in [5.74, 6) is 2.29. The Kier molecular flexibility index (Phi) is 8.25. The number of nitrogens with one attached hydrogen (secondary N) is 1. The molecule has 4 fully saturated rings. The Morgan fingerprint density at radius 3 is 2.81 bits per heavy atom. The lowest BCUT2D eigenvalue weighted by Crippen LogP contribution is -2.67. The molecule has 3 saturated heterocycles. The van der Waals surface area contributed by atoms with Crippen molar-refractivity contribution >= 4 is 35.9 Å². The van der Waals surface area contributed by atoms with Crippen LogP contribution in [0.2, 0.25) is 5.02 Å². The van der Waals surface area contributed by atoms with Gasteiger partial charge < -0.3 is 20.4 Å². The standard InChI is InChI=1S/C15H22N4O2.C10H13ClN4/c1-11-6-12-8-15(7-11,19(12)10-20)14-17-16-13(21-14)9-18-4-2-3-5-18;1-13-6-15-10(12)8-5-7(14-2)3-4-9(8)11/h10-12H,2-9H2,1H3;3-6,14H,1-2H3,(H2,12,13,15)/t11-,12?,15-;/m0./s1. The average molecular weight is 515 g/mol. The predicted octanol–water partition coefficient (Wildman–Crippen LogP) is 3.27. The van der Waals surface area contributed by atoms with E-state index in [1.54, 1.807) is 13.1 Å². The van der Waals surface area contributed by atoms with E-state index in [4.69, 9.17) is 21.8 Å². The third-order valence-electron chi connectivity index (χ3n) is 7.20. The summed E-state index contributed by atoms with van der Waals surface area (Å²) in [5.41, 5.74) is 7.06. The minimum absolute atomic E-state index is 0.319. The van der Waals surface area contributed by atoms with Crippen LogP contribution in [0.3, 0.4) is 0 Å². The van der Waals surface area contributed by atoms with Crippen LogP contribution in [0.4, 0.5) is 5.69 Å². The van der Waals surface area contributed by atoms with Crippen molar-refractivity contribution in [1.82, 2.24) is 20.0 Å². The average Bonchev–Trinajstić information content (AvgIpc) is 3.56. The van der Waals surface area contributed by atoms with Gasteiger partial charge in [-0.1, -0.05) is 18.5 Å². The van der Waals surface area contributed by atoms with E-state index in [1.807, 2.05) is 24.1 Å². The molecule has 11 heteroatoms. The van der Waals surface area contributed by atoms with E-state index in [0.717, 1.165) is 51.0 Å². The summed E-state index contributed by atoms with van der Waals surface area (Å²) in [4.78, 5) is 23.3. The highest BCUT2D eigenvalue weighted by atomic mass is 35.5. The molecular weight excluding hydrogens is 480 g/mol. The monoisotopic (exact) mass is 514 g/mol. The number of carbonyl (C=O) groups excluding carboxylic acids is 1. The van der Waals surface area contributed by atoms with Gasteiger partial charge in [-0.3, -0.25) is 14.7 Å². The van der Waals surface area contributed by atoms with Crippen LogP contribution in [0, 0.1) is 5.92 Å². The summed E-state index contributed by atoms with van der Waals surface area (Å²) in [7, 11) is 3.45. The summed E-state index contributed by atoms with van der Waals surface area (Å²) in [5, 5.41) is 12.1. The molecule has 1 aromatic heterocycles. The number of aromatic nitrogens is 2. The van der Waals surface area contributed by atoms with Crippen molar-refractivity contribution in [2.24, 2.45) is 21.6 Å². The molecule has 2 bridgehead atoms. The van der Waals surface area contributed by atoms with E-state index in [0.29, 0.717) is 40.2 Å². The first kappa shape index (κ1) is 26.1. The Labute approximate surface area is 217 Å². The third kappa shape index (κ3) is 5.39. The number of fused-ring (bicyclic) bond motifs is 2. The van der Waals surface area contributed by atoms with Crippen LogP contribution >= 0.6 is 11.6 Å². The van der Waals surface area contributed by atoms with Crippen molar-refractivity contribution in [3.63, 3.8) is 0 Å². The summed E-state index contributed by atoms with van der Waals surface area (Å²) in [6, 6.07) is 5.84. The number of anilines is 1. The minimum Gasteiger partial charge on any atom is -0.421 e. The Hall–Kier alpha value is -2.98. The molecule has 3 atom stereocenters. The van der Waals surface area contributed by atoms with Gasteiger partial charge in [-0.05, 0) is 62.9 Å². The van der Waals surface area contributed by atoms with E-state index in [9.17, 15) is 4.79 Å². The Morgan fingerprint density at radius 1 is 1.33 bits per heavy atom. The maximum atomic E-state index is 11.4. The highest BCUT2D eigenvalue weighted by Gasteiger charge is 2.59. The van der Waals surface area contributed by atoms with Crippen LogP contribution in [0.25, 0.3) is 0 Å². The van der Waals surface area contributed by atoms with Crippen molar-refractivity contribution in [1.29, 1.82) is 0 Å². The van der Waals surface area contributed by atoms with Gasteiger partial charge in [0.25, 0.3) is 0 Å². The fourth-order valence-corrected chi connectivity index (χ4v) is 5.73. The zero-order valence-corrected chi connectivity index (χ0v) is 21.9. The van der Waals surface area contributed by atoms with Crippen LogP contribution in [-0.4, -0.2) is 71.8 Å². The molecule has 194 valence electrons. The number of carbonyl (C=O) groups is 1. The lowest BCUT2D eigenvalue weighted by molar-refractivity contribution is -0.166. The molecular formula is C25H35ClN8O2. The molecule has 3 aliphatic heterocycles. The first-order chi connectivity index (χ1) is 17.4. The summed E-state index contributed by atoms with van der Waals surface area (Å²) in [6.07, 6.45) is 7.86. The highest BCUT2D eigenvalue weighted by Crippen LogP contribution is 2.54. The van der Waals surface area contributed by atoms with Gasteiger partial charge in [-0.2, -0.15) is 0 Å². The lowest BCUT2D eigenvalue weighted by Gasteiger charge is -2.60. The topological polar surface area (TPSA) is 125 Å². The fraction of sp³-hybridized carbons (Fsp3) is 0.560. The number of nitrogens with zero attached hydrogens (tertiary/aromatic N) is 6. The first-order valence-corrected chi connectivity index (χ1v) is 12.8. The molecule has 1 aromatic carbocycles. The molecule has 0 radical (unpaired) electrons. The van der Waals surface area contributed by atoms with Crippen molar-refractivity contribution in [3.05, 3.63) is 40.6 Å². The zero-order valence-electron chi connectivity index (χ0n) is 21.2. The van der Waals surface area contributed by atoms with Gasteiger partial charge in [-0.25, -0.2) is 4.99 Å². The number of halogens is 1. The second-order valence-corrected chi connectivity index (χ2v) is 10.2. The van der Waals surface area contributed by atoms with E-state index in [-0.39, 0.29) is 5.54 Å². The number of piperidine rings is 1. The van der Waals surface area contributed by atoms with Crippen LogP contribution < -0.4 is 11.1 Å². The van der Waals surface area contributed by atoms with Gasteiger partial charge in [0, 0.05) is 37.8 Å². The van der Waals surface area contributed by atoms with E-state index >= 15 is 0 Å². The fourth-order valence-electron chi connectivity index (χ4n) is 5.52. The van der Waals surface area contributed by atoms with Crippen molar-refractivity contribution in [2.45, 2.75) is 57.2 Å². The molecule has 4 aliphatic rings. The highest BCUT2D eigenvalue weighted by molar-refractivity contribution is 6.34. The van der Waals surface area contributed by atoms with E-state index < -0.39 is 0 Å². The normalized spacial score (nSPS) is 25.9. The lowest BCUT2D eigenvalue weighted by atomic mass is 9.64. The number of benzene rings is 1. The van der Waals surface area contributed by atoms with Gasteiger partial charge >= 0.3 is 0 Å². The molecule has 10 nitrogen and oxygen atoms in total. The van der Waals surface area contributed by atoms with E-state index in [2.05, 4.69) is 37.3 Å². The van der Waals surface area contributed by atoms with Crippen LogP contribution in [0.5, 0.6) is 0 Å². The number of nitrogens with two attached hydrogens (primary N) is 1. The number of amides is 1. The second-order valence-electron chi connectivity index (χ2n) is 9.76. The first-order valence-electron chi connectivity index (χ1n) is 12.4. The SMILES string of the molecule is CN=CN=C(N)c1cc(NC)ccc1Cl.C[C@H]1CC2C[C@](c3nnc(CN4CCCC4)o3)(C1)N2C=O. The maximum absolute atomic E-state index is 11.4. The molecule has 0 spiro atoms. The smallest absolute Gasteiger partial charge is 0.242 e. The number of amidine groups is 1. The van der Waals surface area contributed by atoms with Gasteiger partial charge in [-0.15, -0.1) is 10.2 Å². The Bertz CT molecular complexity index is 1110. The Morgan fingerprint density at radius 2 is 2.11 bits per heavy atom. The quantitative estimate of drug-likeness (QED) is 0.330. The largest absolute Gasteiger partial charge is 0.421 e. The van der Waals surface area contributed by atoms with Gasteiger partial charge in [0.2, 0.25) is 18.2 Å². The van der Waals surface area contributed by atoms with Crippen LogP contribution in [0.15, 0.2) is 32.6 Å². The predicted molar refractivity (Wildman–Crippen MR) is 141 cm³/mol. The zero-order chi connectivity index (χ0) is 25.7. The van der Waals surface area contributed by atoms with Crippen molar-refractivity contribution in [2.75, 3.05) is 32.5 Å². The maximum Gasteiger partial charge on any atom is 0.242 e. The third-order valence-corrected chi connectivity index (χ3v) is 7.53. The molecule has 6 rings (SSSR count). The summed E-state index contributed by atoms with van der Waals surface area (Å²) in [6.45, 7) is 5.21. The molecule has 36 heavy (non-hydrogen) atoms. The van der Waals surface area contributed by atoms with Crippen LogP contribution in [-0.2, 0) is 16.9 Å². The molecule has 1 aliphatic carbocycles. The van der Waals surface area contributed by atoms with Crippen LogP contribution in [0.1, 0.15) is 56.4 Å². The van der Waals surface area contributed by atoms with Crippen molar-refractivity contribution in [3.8, 4) is 0 Å². The van der Waals surface area contributed by atoms with Gasteiger partial charge in [0.15, 0.2) is 0 Å². The minimum atomic E-state index is -0.319. The number of hydrogen-bond donors (Lipinski definition) is 2. The second kappa shape index (κ2) is 11.4. The summed E-state index contributed by atoms with van der Waals surface area (Å²) >= 11 is 5.99. The number of likely N-dealkylation sites (tertiary alicyclic amines) is 1. The number of aliphatic imine (C=N–C) groups is 2. The molecule has 3 N–H and O–H groups in total. The Balaban J connectivity index is 0.000000181. The van der Waals surface area contributed by atoms with Gasteiger partial charge in [0.1, 0.15) is 17.7 Å². The van der Waals surface area contributed by atoms with Gasteiger partial charge in [0.05, 0.1) is 11.6 Å². The summed E-state index contributed by atoms with van der Waals surface area (Å²) < 4.78 is 5.94. The number of hydrogen-bond acceptors (Lipinski definition) is 7. The molecule has 4 heterocycles. The van der Waals surface area contributed by atoms with E-state index in [1.165, 1.54) is 19.2 Å². The number of rotatable bonds is 7. The van der Waals surface area contributed by atoms with Crippen molar-refractivity contribution < 1.29 is 9.21 Å². The molecule has 1 unspecified atom stereocenters. The molecule has 1 amide bonds.